The largest absolute Gasteiger partial charge is 0.493 e. The van der Waals surface area contributed by atoms with Gasteiger partial charge in [0, 0.05) is 6.54 Å². The second kappa shape index (κ2) is 6.78. The Morgan fingerprint density at radius 2 is 1.67 bits per heavy atom. The van der Waals surface area contributed by atoms with Crippen LogP contribution in [0.5, 0.6) is 11.5 Å². The van der Waals surface area contributed by atoms with Crippen LogP contribution in [0.2, 0.25) is 10.0 Å². The summed E-state index contributed by atoms with van der Waals surface area (Å²) in [7, 11) is 3.21. The SMILES string of the molecule is COc1ccc(CNc2cc(Cl)c(Cl)cc2N)cc1OC. The van der Waals surface area contributed by atoms with Crippen LogP contribution in [0.4, 0.5) is 11.4 Å². The summed E-state index contributed by atoms with van der Waals surface area (Å²) in [6.07, 6.45) is 0. The predicted octanol–water partition coefficient (Wildman–Crippen LogP) is 4.20. The molecule has 0 bridgehead atoms. The summed E-state index contributed by atoms with van der Waals surface area (Å²) in [5, 5.41) is 4.12. The number of hydrogen-bond acceptors (Lipinski definition) is 4. The highest BCUT2D eigenvalue weighted by atomic mass is 35.5. The van der Waals surface area contributed by atoms with Crippen LogP contribution < -0.4 is 20.5 Å². The van der Waals surface area contributed by atoms with E-state index in [9.17, 15) is 0 Å². The number of rotatable bonds is 5. The van der Waals surface area contributed by atoms with Crippen molar-refractivity contribution in [2.24, 2.45) is 0 Å². The van der Waals surface area contributed by atoms with Crippen LogP contribution in [0.3, 0.4) is 0 Å². The van der Waals surface area contributed by atoms with Gasteiger partial charge in [-0.1, -0.05) is 29.3 Å². The molecule has 0 atom stereocenters. The number of nitrogens with two attached hydrogens (primary N) is 1. The molecule has 112 valence electrons. The first kappa shape index (κ1) is 15.6. The lowest BCUT2D eigenvalue weighted by molar-refractivity contribution is 0.354. The zero-order valence-electron chi connectivity index (χ0n) is 11.7. The maximum atomic E-state index is 5.99. The van der Waals surface area contributed by atoms with Gasteiger partial charge in [0.05, 0.1) is 35.6 Å². The number of nitrogen functional groups attached to an aromatic ring is 1. The molecule has 0 radical (unpaired) electrons. The number of hydrogen-bond donors (Lipinski definition) is 2. The highest BCUT2D eigenvalue weighted by Gasteiger charge is 2.07. The first-order valence-corrected chi connectivity index (χ1v) is 7.00. The van der Waals surface area contributed by atoms with Gasteiger partial charge in [-0.05, 0) is 29.8 Å². The number of anilines is 2. The average molecular weight is 327 g/mol. The van der Waals surface area contributed by atoms with Crippen molar-refractivity contribution >= 4 is 34.6 Å². The number of benzene rings is 2. The quantitative estimate of drug-likeness (QED) is 0.808. The van der Waals surface area contributed by atoms with Crippen molar-refractivity contribution in [3.05, 3.63) is 45.9 Å². The molecule has 2 aromatic rings. The van der Waals surface area contributed by atoms with E-state index in [1.165, 1.54) is 0 Å². The second-order valence-electron chi connectivity index (χ2n) is 4.40. The topological polar surface area (TPSA) is 56.5 Å². The van der Waals surface area contributed by atoms with Gasteiger partial charge in [0.15, 0.2) is 11.5 Å². The fraction of sp³-hybridized carbons (Fsp3) is 0.200. The molecule has 0 amide bonds. The van der Waals surface area contributed by atoms with Crippen LogP contribution in [0.25, 0.3) is 0 Å². The molecule has 2 aromatic carbocycles. The Hall–Kier alpha value is -1.78. The van der Waals surface area contributed by atoms with E-state index in [1.54, 1.807) is 26.4 Å². The summed E-state index contributed by atoms with van der Waals surface area (Å²) < 4.78 is 10.5. The third-order valence-corrected chi connectivity index (χ3v) is 3.75. The normalized spacial score (nSPS) is 10.3. The van der Waals surface area contributed by atoms with Crippen LogP contribution >= 0.6 is 23.2 Å². The van der Waals surface area contributed by atoms with Crippen molar-refractivity contribution in [2.75, 3.05) is 25.3 Å². The molecule has 3 N–H and O–H groups in total. The van der Waals surface area contributed by atoms with Gasteiger partial charge < -0.3 is 20.5 Å². The van der Waals surface area contributed by atoms with Crippen LogP contribution in [-0.2, 0) is 6.54 Å². The highest BCUT2D eigenvalue weighted by molar-refractivity contribution is 6.42. The Bertz CT molecular complexity index is 648. The van der Waals surface area contributed by atoms with Gasteiger partial charge in [-0.15, -0.1) is 0 Å². The van der Waals surface area contributed by atoms with Gasteiger partial charge in [-0.3, -0.25) is 0 Å². The smallest absolute Gasteiger partial charge is 0.161 e. The first-order valence-electron chi connectivity index (χ1n) is 6.24. The van der Waals surface area contributed by atoms with E-state index in [0.29, 0.717) is 33.8 Å². The molecule has 0 aliphatic heterocycles. The van der Waals surface area contributed by atoms with Crippen molar-refractivity contribution < 1.29 is 9.47 Å². The molecule has 4 nitrogen and oxygen atoms in total. The Morgan fingerprint density at radius 3 is 2.33 bits per heavy atom. The molecular weight excluding hydrogens is 311 g/mol. The Kier molecular flexibility index (Phi) is 5.04. The zero-order chi connectivity index (χ0) is 15.4. The Morgan fingerprint density at radius 1 is 1.00 bits per heavy atom. The van der Waals surface area contributed by atoms with E-state index >= 15 is 0 Å². The fourth-order valence-electron chi connectivity index (χ4n) is 1.90. The van der Waals surface area contributed by atoms with E-state index in [-0.39, 0.29) is 0 Å². The summed E-state index contributed by atoms with van der Waals surface area (Å²) >= 11 is 11.9. The van der Waals surface area contributed by atoms with Crippen molar-refractivity contribution in [3.8, 4) is 11.5 Å². The molecule has 6 heteroatoms. The first-order chi connectivity index (χ1) is 10.0. The van der Waals surface area contributed by atoms with Gasteiger partial charge in [0.2, 0.25) is 0 Å². The molecule has 0 aromatic heterocycles. The van der Waals surface area contributed by atoms with Gasteiger partial charge in [-0.25, -0.2) is 0 Å². The number of nitrogens with one attached hydrogen (secondary N) is 1. The molecule has 0 unspecified atom stereocenters. The van der Waals surface area contributed by atoms with Crippen LogP contribution in [0.15, 0.2) is 30.3 Å². The second-order valence-corrected chi connectivity index (χ2v) is 5.21. The highest BCUT2D eigenvalue weighted by Crippen LogP contribution is 2.32. The van der Waals surface area contributed by atoms with Crippen LogP contribution in [0.1, 0.15) is 5.56 Å². The van der Waals surface area contributed by atoms with Gasteiger partial charge in [0.1, 0.15) is 0 Å². The van der Waals surface area contributed by atoms with E-state index in [2.05, 4.69) is 5.32 Å². The minimum atomic E-state index is 0.436. The van der Waals surface area contributed by atoms with Crippen molar-refractivity contribution in [1.82, 2.24) is 0 Å². The van der Waals surface area contributed by atoms with Crippen molar-refractivity contribution in [2.45, 2.75) is 6.54 Å². The third kappa shape index (κ3) is 3.65. The third-order valence-electron chi connectivity index (χ3n) is 3.02. The maximum Gasteiger partial charge on any atom is 0.161 e. The van der Waals surface area contributed by atoms with Gasteiger partial charge in [-0.2, -0.15) is 0 Å². The Balaban J connectivity index is 2.15. The van der Waals surface area contributed by atoms with Gasteiger partial charge in [0.25, 0.3) is 0 Å². The van der Waals surface area contributed by atoms with Gasteiger partial charge >= 0.3 is 0 Å². The molecule has 0 spiro atoms. The van der Waals surface area contributed by atoms with E-state index < -0.39 is 0 Å². The fourth-order valence-corrected chi connectivity index (χ4v) is 2.24. The standard InChI is InChI=1S/C15H16Cl2N2O2/c1-20-14-4-3-9(5-15(14)21-2)8-19-13-7-11(17)10(16)6-12(13)18/h3-7,19H,8,18H2,1-2H3. The predicted molar refractivity (Wildman–Crippen MR) is 87.7 cm³/mol. The monoisotopic (exact) mass is 326 g/mol. The van der Waals surface area contributed by atoms with Crippen LogP contribution in [0, 0.1) is 0 Å². The summed E-state index contributed by atoms with van der Waals surface area (Å²) in [6, 6.07) is 9.04. The average Bonchev–Trinajstić information content (AvgIpc) is 2.49. The molecule has 2 rings (SSSR count). The zero-order valence-corrected chi connectivity index (χ0v) is 13.3. The van der Waals surface area contributed by atoms with E-state index in [1.807, 2.05) is 18.2 Å². The maximum absolute atomic E-state index is 5.99. The van der Waals surface area contributed by atoms with E-state index in [0.717, 1.165) is 11.3 Å². The summed E-state index contributed by atoms with van der Waals surface area (Å²) in [4.78, 5) is 0. The molecule has 0 saturated heterocycles. The molecule has 0 aliphatic rings. The van der Waals surface area contributed by atoms with E-state index in [4.69, 9.17) is 38.4 Å². The molecule has 0 saturated carbocycles. The summed E-state index contributed by atoms with van der Waals surface area (Å²) in [5.41, 5.74) is 8.21. The lowest BCUT2D eigenvalue weighted by atomic mass is 10.2. The van der Waals surface area contributed by atoms with Crippen LogP contribution in [-0.4, -0.2) is 14.2 Å². The molecule has 0 aliphatic carbocycles. The Labute approximate surface area is 133 Å². The number of ether oxygens (including phenoxy) is 2. The molecule has 0 fully saturated rings. The molecule has 21 heavy (non-hydrogen) atoms. The van der Waals surface area contributed by atoms with Crippen molar-refractivity contribution in [1.29, 1.82) is 0 Å². The number of methoxy groups -OCH3 is 2. The minimum Gasteiger partial charge on any atom is -0.493 e. The lowest BCUT2D eigenvalue weighted by Gasteiger charge is -2.13. The minimum absolute atomic E-state index is 0.436. The molecule has 0 heterocycles. The number of halogens is 2. The lowest BCUT2D eigenvalue weighted by Crippen LogP contribution is -2.03. The molecular formula is C15H16Cl2N2O2. The summed E-state index contributed by atoms with van der Waals surface area (Å²) in [5.74, 6) is 1.37. The summed E-state index contributed by atoms with van der Waals surface area (Å²) in [6.45, 7) is 0.572. The van der Waals surface area contributed by atoms with Crippen molar-refractivity contribution in [3.63, 3.8) is 0 Å².